The van der Waals surface area contributed by atoms with Crippen LogP contribution in [0.1, 0.15) is 10.4 Å². The lowest BCUT2D eigenvalue weighted by Crippen LogP contribution is -2.43. The summed E-state index contributed by atoms with van der Waals surface area (Å²) in [5.74, 6) is -0.726. The van der Waals surface area contributed by atoms with E-state index in [-0.39, 0.29) is 5.91 Å². The Bertz CT molecular complexity index is 651. The van der Waals surface area contributed by atoms with Crippen molar-refractivity contribution in [2.45, 2.75) is 0 Å². The van der Waals surface area contributed by atoms with Gasteiger partial charge in [0.2, 0.25) is 0 Å². The van der Waals surface area contributed by atoms with Gasteiger partial charge in [0.05, 0.1) is 0 Å². The molecule has 2 N–H and O–H groups in total. The highest BCUT2D eigenvalue weighted by molar-refractivity contribution is 6.04. The van der Waals surface area contributed by atoms with Crippen molar-refractivity contribution in [3.8, 4) is 0 Å². The highest BCUT2D eigenvalue weighted by atomic mass is 19.1. The monoisotopic (exact) mass is 299 g/mol. The second kappa shape index (κ2) is 6.58. The molecule has 1 aliphatic heterocycles. The van der Waals surface area contributed by atoms with Gasteiger partial charge in [-0.05, 0) is 42.5 Å². The number of anilines is 2. The Hall–Kier alpha value is -2.40. The summed E-state index contributed by atoms with van der Waals surface area (Å²) in [6.07, 6.45) is 0. The van der Waals surface area contributed by atoms with Crippen LogP contribution in [0.15, 0.2) is 48.5 Å². The Morgan fingerprint density at radius 2 is 1.82 bits per heavy atom. The van der Waals surface area contributed by atoms with E-state index >= 15 is 0 Å². The minimum absolute atomic E-state index is 0.311. The summed E-state index contributed by atoms with van der Waals surface area (Å²) in [4.78, 5) is 14.4. The molecule has 0 saturated carbocycles. The average molecular weight is 299 g/mol. The van der Waals surface area contributed by atoms with E-state index in [1.54, 1.807) is 6.07 Å². The molecule has 0 unspecified atom stereocenters. The Balaban J connectivity index is 1.66. The van der Waals surface area contributed by atoms with E-state index in [9.17, 15) is 9.18 Å². The maximum Gasteiger partial charge on any atom is 0.255 e. The number of hydrogen-bond donors (Lipinski definition) is 2. The predicted octanol–water partition coefficient (Wildman–Crippen LogP) is 2.49. The molecular weight excluding hydrogens is 281 g/mol. The fourth-order valence-electron chi connectivity index (χ4n) is 2.51. The normalized spacial score (nSPS) is 14.7. The Labute approximate surface area is 128 Å². The van der Waals surface area contributed by atoms with Gasteiger partial charge < -0.3 is 15.5 Å². The van der Waals surface area contributed by atoms with Gasteiger partial charge in [-0.3, -0.25) is 4.79 Å². The number of carbonyl (C=O) groups excluding carboxylic acids is 1. The van der Waals surface area contributed by atoms with E-state index in [1.807, 2.05) is 24.3 Å². The number of rotatable bonds is 3. The van der Waals surface area contributed by atoms with E-state index in [4.69, 9.17) is 0 Å². The van der Waals surface area contributed by atoms with Crippen molar-refractivity contribution in [3.63, 3.8) is 0 Å². The first-order chi connectivity index (χ1) is 10.7. The lowest BCUT2D eigenvalue weighted by atomic mass is 10.2. The molecule has 0 spiro atoms. The first kappa shape index (κ1) is 14.5. The third kappa shape index (κ3) is 3.43. The summed E-state index contributed by atoms with van der Waals surface area (Å²) in [6, 6.07) is 13.4. The van der Waals surface area contributed by atoms with Gasteiger partial charge in [-0.15, -0.1) is 0 Å². The number of piperazine rings is 1. The molecule has 0 aliphatic carbocycles. The van der Waals surface area contributed by atoms with Crippen LogP contribution in [0.3, 0.4) is 0 Å². The number of nitrogens with zero attached hydrogens (tertiary/aromatic N) is 1. The standard InChI is InChI=1S/C17H18FN3O/c18-14-3-1-2-13(12-14)17(22)20-15-4-6-16(7-5-15)21-10-8-19-9-11-21/h1-7,12,19H,8-11H2,(H,20,22). The summed E-state index contributed by atoms with van der Waals surface area (Å²) < 4.78 is 13.1. The zero-order valence-electron chi connectivity index (χ0n) is 12.2. The topological polar surface area (TPSA) is 44.4 Å². The number of hydrogen-bond acceptors (Lipinski definition) is 3. The number of halogens is 1. The third-order valence-corrected chi connectivity index (χ3v) is 3.69. The summed E-state index contributed by atoms with van der Waals surface area (Å²) in [5, 5.41) is 6.09. The minimum atomic E-state index is -0.415. The summed E-state index contributed by atoms with van der Waals surface area (Å²) in [7, 11) is 0. The summed E-state index contributed by atoms with van der Waals surface area (Å²) in [5.41, 5.74) is 2.16. The second-order valence-corrected chi connectivity index (χ2v) is 5.25. The highest BCUT2D eigenvalue weighted by Crippen LogP contribution is 2.19. The molecule has 5 heteroatoms. The number of amides is 1. The molecule has 114 valence electrons. The maximum atomic E-state index is 13.1. The van der Waals surface area contributed by atoms with Crippen LogP contribution in [-0.2, 0) is 0 Å². The molecule has 1 heterocycles. The molecule has 0 radical (unpaired) electrons. The molecule has 3 rings (SSSR count). The largest absolute Gasteiger partial charge is 0.369 e. The first-order valence-corrected chi connectivity index (χ1v) is 7.35. The van der Waals surface area contributed by atoms with Gasteiger partial charge in [0.1, 0.15) is 5.82 Å². The number of benzene rings is 2. The zero-order chi connectivity index (χ0) is 15.4. The minimum Gasteiger partial charge on any atom is -0.369 e. The number of nitrogens with one attached hydrogen (secondary N) is 2. The lowest BCUT2D eigenvalue weighted by Gasteiger charge is -2.29. The highest BCUT2D eigenvalue weighted by Gasteiger charge is 2.11. The van der Waals surface area contributed by atoms with E-state index in [2.05, 4.69) is 15.5 Å². The average Bonchev–Trinajstić information content (AvgIpc) is 2.56. The van der Waals surface area contributed by atoms with Crippen molar-refractivity contribution in [2.75, 3.05) is 36.4 Å². The van der Waals surface area contributed by atoms with Crippen molar-refractivity contribution in [2.24, 2.45) is 0 Å². The maximum absolute atomic E-state index is 13.1. The van der Waals surface area contributed by atoms with Gasteiger partial charge in [-0.1, -0.05) is 6.07 Å². The molecule has 1 aliphatic rings. The lowest BCUT2D eigenvalue weighted by molar-refractivity contribution is 0.102. The van der Waals surface area contributed by atoms with Crippen molar-refractivity contribution >= 4 is 17.3 Å². The van der Waals surface area contributed by atoms with Crippen molar-refractivity contribution in [1.29, 1.82) is 0 Å². The molecule has 1 fully saturated rings. The SMILES string of the molecule is O=C(Nc1ccc(N2CCNCC2)cc1)c1cccc(F)c1. The van der Waals surface area contributed by atoms with Gasteiger partial charge >= 0.3 is 0 Å². The van der Waals surface area contributed by atoms with Crippen molar-refractivity contribution in [1.82, 2.24) is 5.32 Å². The quantitative estimate of drug-likeness (QED) is 0.915. The van der Waals surface area contributed by atoms with Crippen molar-refractivity contribution < 1.29 is 9.18 Å². The molecule has 0 atom stereocenters. The smallest absolute Gasteiger partial charge is 0.255 e. The molecule has 22 heavy (non-hydrogen) atoms. The third-order valence-electron chi connectivity index (χ3n) is 3.69. The second-order valence-electron chi connectivity index (χ2n) is 5.25. The fraction of sp³-hybridized carbons (Fsp3) is 0.235. The van der Waals surface area contributed by atoms with Crippen LogP contribution in [-0.4, -0.2) is 32.1 Å². The van der Waals surface area contributed by atoms with Crippen LogP contribution in [0.2, 0.25) is 0 Å². The van der Waals surface area contributed by atoms with Crippen LogP contribution in [0, 0.1) is 5.82 Å². The van der Waals surface area contributed by atoms with Gasteiger partial charge in [-0.25, -0.2) is 4.39 Å². The van der Waals surface area contributed by atoms with E-state index in [1.165, 1.54) is 18.2 Å². The van der Waals surface area contributed by atoms with Gasteiger partial charge in [0.25, 0.3) is 5.91 Å². The Morgan fingerprint density at radius 1 is 1.09 bits per heavy atom. The molecule has 4 nitrogen and oxygen atoms in total. The van der Waals surface area contributed by atoms with Crippen molar-refractivity contribution in [3.05, 3.63) is 59.9 Å². The molecule has 1 saturated heterocycles. The van der Waals surface area contributed by atoms with Crippen LogP contribution in [0.5, 0.6) is 0 Å². The van der Waals surface area contributed by atoms with E-state index < -0.39 is 5.82 Å². The Morgan fingerprint density at radius 3 is 2.50 bits per heavy atom. The fourth-order valence-corrected chi connectivity index (χ4v) is 2.51. The summed E-state index contributed by atoms with van der Waals surface area (Å²) >= 11 is 0. The summed E-state index contributed by atoms with van der Waals surface area (Å²) in [6.45, 7) is 3.93. The molecule has 2 aromatic carbocycles. The molecular formula is C17H18FN3O. The molecule has 0 aromatic heterocycles. The van der Waals surface area contributed by atoms with Crippen LogP contribution >= 0.6 is 0 Å². The number of carbonyl (C=O) groups is 1. The van der Waals surface area contributed by atoms with Crippen LogP contribution in [0.4, 0.5) is 15.8 Å². The van der Waals surface area contributed by atoms with Crippen LogP contribution < -0.4 is 15.5 Å². The zero-order valence-corrected chi connectivity index (χ0v) is 12.2. The van der Waals surface area contributed by atoms with E-state index in [0.29, 0.717) is 11.3 Å². The predicted molar refractivity (Wildman–Crippen MR) is 85.9 cm³/mol. The molecule has 2 aromatic rings. The first-order valence-electron chi connectivity index (χ1n) is 7.35. The van der Waals surface area contributed by atoms with Gasteiger partial charge in [0, 0.05) is 43.1 Å². The van der Waals surface area contributed by atoms with Gasteiger partial charge in [0.15, 0.2) is 0 Å². The Kier molecular flexibility index (Phi) is 4.34. The van der Waals surface area contributed by atoms with E-state index in [0.717, 1.165) is 31.9 Å². The molecule has 0 bridgehead atoms. The molecule has 1 amide bonds. The van der Waals surface area contributed by atoms with Gasteiger partial charge in [-0.2, -0.15) is 0 Å². The van der Waals surface area contributed by atoms with Crippen LogP contribution in [0.25, 0.3) is 0 Å².